The van der Waals surface area contributed by atoms with E-state index in [-0.39, 0.29) is 0 Å². The first-order valence-electron chi connectivity index (χ1n) is 7.48. The zero-order chi connectivity index (χ0) is 15.5. The number of piperidine rings is 1. The van der Waals surface area contributed by atoms with Crippen LogP contribution in [0.4, 0.5) is 0 Å². The normalized spacial score (nSPS) is 19.1. The molecule has 21 heavy (non-hydrogen) atoms. The van der Waals surface area contributed by atoms with Crippen LogP contribution < -0.4 is 0 Å². The van der Waals surface area contributed by atoms with E-state index in [4.69, 9.17) is 6.42 Å². The molecule has 2 heterocycles. The molecule has 1 aliphatic heterocycles. The van der Waals surface area contributed by atoms with Gasteiger partial charge in [0.25, 0.3) is 0 Å². The maximum Gasteiger partial charge on any atom is 0.110 e. The predicted molar refractivity (Wildman–Crippen MR) is 87.1 cm³/mol. The number of thiazole rings is 1. The molecule has 1 fully saturated rings. The van der Waals surface area contributed by atoms with E-state index < -0.39 is 5.60 Å². The Morgan fingerprint density at radius 2 is 2.19 bits per heavy atom. The van der Waals surface area contributed by atoms with Crippen molar-refractivity contribution in [1.29, 1.82) is 0 Å². The number of hydrogen-bond acceptors (Lipinski definition) is 5. The Morgan fingerprint density at radius 3 is 2.76 bits per heavy atom. The third kappa shape index (κ3) is 4.04. The summed E-state index contributed by atoms with van der Waals surface area (Å²) >= 11 is 1.61. The predicted octanol–water partition coefficient (Wildman–Crippen LogP) is 1.90. The van der Waals surface area contributed by atoms with Gasteiger partial charge in [-0.25, -0.2) is 4.98 Å². The van der Waals surface area contributed by atoms with E-state index in [1.165, 1.54) is 0 Å². The summed E-state index contributed by atoms with van der Waals surface area (Å²) in [5.74, 6) is 2.63. The van der Waals surface area contributed by atoms with Gasteiger partial charge >= 0.3 is 0 Å². The highest BCUT2D eigenvalue weighted by Crippen LogP contribution is 2.34. The zero-order valence-corrected chi connectivity index (χ0v) is 14.0. The fourth-order valence-electron chi connectivity index (χ4n) is 2.71. The van der Waals surface area contributed by atoms with E-state index in [9.17, 15) is 5.11 Å². The van der Waals surface area contributed by atoms with E-state index in [1.54, 1.807) is 11.3 Å². The van der Waals surface area contributed by atoms with E-state index >= 15 is 0 Å². The third-order valence-corrected chi connectivity index (χ3v) is 4.98. The van der Waals surface area contributed by atoms with Crippen molar-refractivity contribution in [1.82, 2.24) is 14.8 Å². The lowest BCUT2D eigenvalue weighted by atomic mass is 9.88. The summed E-state index contributed by atoms with van der Waals surface area (Å²) in [5, 5.41) is 13.9. The molecule has 0 atom stereocenters. The first-order valence-corrected chi connectivity index (χ1v) is 8.36. The number of hydrogen-bond donors (Lipinski definition) is 1. The van der Waals surface area contributed by atoms with Gasteiger partial charge in [0.15, 0.2) is 0 Å². The molecule has 1 aromatic rings. The first kappa shape index (κ1) is 16.4. The minimum atomic E-state index is -0.759. The summed E-state index contributed by atoms with van der Waals surface area (Å²) in [6.45, 7) is 7.61. The second kappa shape index (κ2) is 6.89. The smallest absolute Gasteiger partial charge is 0.110 e. The molecule has 0 radical (unpaired) electrons. The molecule has 116 valence electrons. The molecule has 1 N–H and O–H groups in total. The lowest BCUT2D eigenvalue weighted by Gasteiger charge is -2.39. The standard InChI is InChI=1S/C16H25N3OS/c1-5-8-18(4)11-15-17-14(12-21-15)16(20)6-9-19(10-7-16)13(2)3/h1,12-13,20H,6-11H2,2-4H3. The van der Waals surface area contributed by atoms with Gasteiger partial charge in [0, 0.05) is 24.5 Å². The monoisotopic (exact) mass is 307 g/mol. The number of terminal acetylenes is 1. The molecule has 2 rings (SSSR count). The van der Waals surface area contributed by atoms with Gasteiger partial charge in [0.1, 0.15) is 10.6 Å². The minimum absolute atomic E-state index is 0.540. The van der Waals surface area contributed by atoms with Crippen LogP contribution in [0.3, 0.4) is 0 Å². The van der Waals surface area contributed by atoms with Gasteiger partial charge in [-0.2, -0.15) is 0 Å². The lowest BCUT2D eigenvalue weighted by Crippen LogP contribution is -2.45. The fourth-order valence-corrected chi connectivity index (χ4v) is 3.67. The van der Waals surface area contributed by atoms with Crippen molar-refractivity contribution in [2.45, 2.75) is 44.9 Å². The van der Waals surface area contributed by atoms with Crippen LogP contribution in [-0.2, 0) is 12.1 Å². The van der Waals surface area contributed by atoms with Crippen LogP contribution in [0.25, 0.3) is 0 Å². The molecule has 0 unspecified atom stereocenters. The highest BCUT2D eigenvalue weighted by atomic mass is 32.1. The summed E-state index contributed by atoms with van der Waals surface area (Å²) in [6, 6.07) is 0.540. The average molecular weight is 307 g/mol. The molecule has 0 aliphatic carbocycles. The second-order valence-electron chi connectivity index (χ2n) is 6.16. The number of nitrogens with zero attached hydrogens (tertiary/aromatic N) is 3. The molecule has 0 spiro atoms. The van der Waals surface area contributed by atoms with Crippen molar-refractivity contribution >= 4 is 11.3 Å². The van der Waals surface area contributed by atoms with Gasteiger partial charge in [-0.1, -0.05) is 5.92 Å². The van der Waals surface area contributed by atoms with Crippen molar-refractivity contribution < 1.29 is 5.11 Å². The number of rotatable bonds is 5. The van der Waals surface area contributed by atoms with Gasteiger partial charge in [-0.15, -0.1) is 17.8 Å². The maximum atomic E-state index is 10.9. The van der Waals surface area contributed by atoms with Crippen molar-refractivity contribution in [2.24, 2.45) is 0 Å². The number of aliphatic hydroxyl groups is 1. The summed E-state index contributed by atoms with van der Waals surface area (Å²) in [5.41, 5.74) is 0.0742. The van der Waals surface area contributed by atoms with Crippen molar-refractivity contribution in [3.8, 4) is 12.3 Å². The fraction of sp³-hybridized carbons (Fsp3) is 0.688. The summed E-state index contributed by atoms with van der Waals surface area (Å²) in [4.78, 5) is 9.09. The highest BCUT2D eigenvalue weighted by molar-refractivity contribution is 7.09. The SMILES string of the molecule is C#CCN(C)Cc1nc(C2(O)CCN(C(C)C)CC2)cs1. The molecular formula is C16H25N3OS. The van der Waals surface area contributed by atoms with Gasteiger partial charge in [-0.05, 0) is 33.7 Å². The number of aromatic nitrogens is 1. The Morgan fingerprint density at radius 1 is 1.52 bits per heavy atom. The largest absolute Gasteiger partial charge is 0.383 e. The molecule has 0 aromatic carbocycles. The third-order valence-electron chi connectivity index (χ3n) is 4.15. The van der Waals surface area contributed by atoms with E-state index in [0.29, 0.717) is 12.6 Å². The van der Waals surface area contributed by atoms with Crippen LogP contribution in [0, 0.1) is 12.3 Å². The Kier molecular flexibility index (Phi) is 5.39. The Labute approximate surface area is 131 Å². The second-order valence-corrected chi connectivity index (χ2v) is 7.11. The molecule has 0 saturated carbocycles. The molecule has 1 aliphatic rings. The molecular weight excluding hydrogens is 282 g/mol. The van der Waals surface area contributed by atoms with E-state index in [1.807, 2.05) is 17.3 Å². The summed E-state index contributed by atoms with van der Waals surface area (Å²) < 4.78 is 0. The highest BCUT2D eigenvalue weighted by Gasteiger charge is 2.36. The quantitative estimate of drug-likeness (QED) is 0.844. The lowest BCUT2D eigenvalue weighted by molar-refractivity contribution is -0.0353. The van der Waals surface area contributed by atoms with Crippen LogP contribution in [0.2, 0.25) is 0 Å². The molecule has 5 heteroatoms. The maximum absolute atomic E-state index is 10.9. The summed E-state index contributed by atoms with van der Waals surface area (Å²) in [6.07, 6.45) is 6.83. The first-order chi connectivity index (χ1) is 9.94. The Bertz CT molecular complexity index is 498. The van der Waals surface area contributed by atoms with Crippen molar-refractivity contribution in [2.75, 3.05) is 26.7 Å². The molecule has 0 amide bonds. The van der Waals surface area contributed by atoms with Crippen LogP contribution >= 0.6 is 11.3 Å². The van der Waals surface area contributed by atoms with Crippen LogP contribution in [0.15, 0.2) is 5.38 Å². The van der Waals surface area contributed by atoms with E-state index in [2.05, 4.69) is 29.7 Å². The molecule has 1 aromatic heterocycles. The van der Waals surface area contributed by atoms with Crippen molar-refractivity contribution in [3.05, 3.63) is 16.1 Å². The summed E-state index contributed by atoms with van der Waals surface area (Å²) in [7, 11) is 1.98. The minimum Gasteiger partial charge on any atom is -0.383 e. The average Bonchev–Trinajstić information content (AvgIpc) is 2.88. The Hall–Kier alpha value is -0.930. The van der Waals surface area contributed by atoms with Gasteiger partial charge in [0.05, 0.1) is 18.8 Å². The van der Waals surface area contributed by atoms with Gasteiger partial charge < -0.3 is 10.0 Å². The van der Waals surface area contributed by atoms with Crippen LogP contribution in [0.5, 0.6) is 0 Å². The van der Waals surface area contributed by atoms with Gasteiger partial charge in [0.2, 0.25) is 0 Å². The van der Waals surface area contributed by atoms with Crippen molar-refractivity contribution in [3.63, 3.8) is 0 Å². The topological polar surface area (TPSA) is 39.6 Å². The van der Waals surface area contributed by atoms with E-state index in [0.717, 1.165) is 43.2 Å². The van der Waals surface area contributed by atoms with Gasteiger partial charge in [-0.3, -0.25) is 4.90 Å². The van der Waals surface area contributed by atoms with Crippen LogP contribution in [0.1, 0.15) is 37.4 Å². The Balaban J connectivity index is 1.99. The number of likely N-dealkylation sites (tertiary alicyclic amines) is 1. The molecule has 1 saturated heterocycles. The van der Waals surface area contributed by atoms with Crippen LogP contribution in [-0.4, -0.2) is 52.6 Å². The zero-order valence-electron chi connectivity index (χ0n) is 13.2. The molecule has 4 nitrogen and oxygen atoms in total. The molecule has 0 bridgehead atoms.